The maximum atomic E-state index is 13.6. The number of aliphatic carboxylic acids is 1. The zero-order valence-corrected chi connectivity index (χ0v) is 11.4. The largest absolute Gasteiger partial charge is 0.573 e. The highest BCUT2D eigenvalue weighted by atomic mass is 19.4. The first kappa shape index (κ1) is 20.6. The minimum Gasteiger partial charge on any atom is -0.477 e. The molecule has 0 atom stereocenters. The van der Waals surface area contributed by atoms with Crippen molar-refractivity contribution >= 4 is 11.8 Å². The van der Waals surface area contributed by atoms with E-state index in [1.165, 1.54) is 0 Å². The lowest BCUT2D eigenvalue weighted by atomic mass is 9.95. The van der Waals surface area contributed by atoms with Crippen LogP contribution in [0.15, 0.2) is 24.3 Å². The molecule has 0 saturated heterocycles. The lowest BCUT2D eigenvalue weighted by Gasteiger charge is -2.29. The Morgan fingerprint density at radius 1 is 0.840 bits per heavy atom. The summed E-state index contributed by atoms with van der Waals surface area (Å²) in [5.74, 6) is -28.0. The van der Waals surface area contributed by atoms with Crippen LogP contribution in [0.1, 0.15) is 10.4 Å². The van der Waals surface area contributed by atoms with Crippen LogP contribution in [0.25, 0.3) is 0 Å². The van der Waals surface area contributed by atoms with E-state index in [2.05, 4.69) is 4.74 Å². The molecule has 0 heterocycles. The minimum absolute atomic E-state index is 0.187. The van der Waals surface area contributed by atoms with Gasteiger partial charge in [0.2, 0.25) is 5.78 Å². The first-order valence-corrected chi connectivity index (χ1v) is 5.82. The molecule has 1 aromatic rings. The van der Waals surface area contributed by atoms with Gasteiger partial charge in [-0.05, 0) is 12.1 Å². The maximum Gasteiger partial charge on any atom is 0.573 e. The smallest absolute Gasteiger partial charge is 0.477 e. The summed E-state index contributed by atoms with van der Waals surface area (Å²) < 4.78 is 119. The van der Waals surface area contributed by atoms with Gasteiger partial charge in [0, 0.05) is 0 Å². The van der Waals surface area contributed by atoms with Gasteiger partial charge in [0.15, 0.2) is 0 Å². The van der Waals surface area contributed by atoms with E-state index in [1.807, 2.05) is 0 Å². The Morgan fingerprint density at radius 2 is 1.32 bits per heavy atom. The summed E-state index contributed by atoms with van der Waals surface area (Å²) in [6.45, 7) is 0. The van der Waals surface area contributed by atoms with Crippen molar-refractivity contribution in [3.8, 4) is 5.75 Å². The van der Waals surface area contributed by atoms with E-state index in [4.69, 9.17) is 5.11 Å². The van der Waals surface area contributed by atoms with Crippen LogP contribution in [-0.4, -0.2) is 41.0 Å². The van der Waals surface area contributed by atoms with Crippen molar-refractivity contribution in [2.45, 2.75) is 24.1 Å². The molecule has 4 nitrogen and oxygen atoms in total. The average Bonchev–Trinajstić information content (AvgIpc) is 2.44. The Labute approximate surface area is 131 Å². The second kappa shape index (κ2) is 6.11. The second-order valence-electron chi connectivity index (χ2n) is 4.40. The van der Waals surface area contributed by atoms with Gasteiger partial charge in [0.25, 0.3) is 0 Å². The van der Waals surface area contributed by atoms with Crippen molar-refractivity contribution in [3.63, 3.8) is 0 Å². The number of para-hydroxylation sites is 1. The van der Waals surface area contributed by atoms with Gasteiger partial charge >= 0.3 is 30.1 Å². The van der Waals surface area contributed by atoms with Crippen molar-refractivity contribution in [1.82, 2.24) is 0 Å². The molecular formula is C12H5F9O4. The van der Waals surface area contributed by atoms with E-state index < -0.39 is 47.2 Å². The van der Waals surface area contributed by atoms with Crippen molar-refractivity contribution in [2.75, 3.05) is 0 Å². The number of carboxylic acids is 1. The van der Waals surface area contributed by atoms with E-state index in [1.54, 1.807) is 0 Å². The van der Waals surface area contributed by atoms with E-state index in [-0.39, 0.29) is 6.07 Å². The topological polar surface area (TPSA) is 63.6 Å². The highest BCUT2D eigenvalue weighted by molar-refractivity contribution is 6.04. The summed E-state index contributed by atoms with van der Waals surface area (Å²) in [6.07, 6.45) is -5.51. The molecule has 0 radical (unpaired) electrons. The molecule has 0 saturated carbocycles. The Balaban J connectivity index is 3.42. The normalized spacial score (nSPS) is 13.5. The molecule has 1 aromatic carbocycles. The first-order chi connectivity index (χ1) is 11.1. The number of ether oxygens (including phenoxy) is 1. The molecule has 140 valence electrons. The molecule has 0 unspecified atom stereocenters. The third-order valence-electron chi connectivity index (χ3n) is 2.70. The number of alkyl halides is 9. The second-order valence-corrected chi connectivity index (χ2v) is 4.40. The molecule has 25 heavy (non-hydrogen) atoms. The third kappa shape index (κ3) is 3.64. The molecule has 13 heteroatoms. The monoisotopic (exact) mass is 384 g/mol. The third-order valence-corrected chi connectivity index (χ3v) is 2.70. The van der Waals surface area contributed by atoms with E-state index >= 15 is 0 Å². The minimum atomic E-state index is -6.74. The maximum absolute atomic E-state index is 13.6. The lowest BCUT2D eigenvalue weighted by Crippen LogP contribution is -2.61. The zero-order valence-electron chi connectivity index (χ0n) is 11.4. The number of halogens is 9. The number of rotatable bonds is 6. The van der Waals surface area contributed by atoms with Gasteiger partial charge in [0.1, 0.15) is 5.75 Å². The van der Waals surface area contributed by atoms with Crippen molar-refractivity contribution < 1.29 is 58.9 Å². The zero-order chi connectivity index (χ0) is 19.8. The van der Waals surface area contributed by atoms with Gasteiger partial charge in [-0.3, -0.25) is 4.79 Å². The number of hydrogen-bond donors (Lipinski definition) is 1. The molecule has 0 spiro atoms. The van der Waals surface area contributed by atoms with Gasteiger partial charge in [-0.2, -0.15) is 26.3 Å². The number of ketones is 1. The van der Waals surface area contributed by atoms with Gasteiger partial charge in [-0.1, -0.05) is 12.1 Å². The molecule has 0 fully saturated rings. The standard InChI is InChI=1S/C12H5F9O4/c13-9(14,11(17,18)10(15,16)8(23)24)7(22)5-3-1-2-4-6(5)25-12(19,20)21/h1-4H,(H,23,24). The van der Waals surface area contributed by atoms with Gasteiger partial charge in [-0.25, -0.2) is 4.79 Å². The first-order valence-electron chi connectivity index (χ1n) is 5.82. The van der Waals surface area contributed by atoms with Crippen LogP contribution in [0.5, 0.6) is 5.75 Å². The molecular weight excluding hydrogens is 379 g/mol. The fourth-order valence-corrected chi connectivity index (χ4v) is 1.51. The fraction of sp³-hybridized carbons (Fsp3) is 0.333. The summed E-state index contributed by atoms with van der Waals surface area (Å²) in [4.78, 5) is 21.6. The number of carboxylic acid groups (broad SMARTS) is 1. The fourth-order valence-electron chi connectivity index (χ4n) is 1.51. The lowest BCUT2D eigenvalue weighted by molar-refractivity contribution is -0.285. The summed E-state index contributed by atoms with van der Waals surface area (Å²) in [7, 11) is 0. The SMILES string of the molecule is O=C(O)C(F)(F)C(F)(F)C(F)(F)C(=O)c1ccccc1OC(F)(F)F. The Kier molecular flexibility index (Phi) is 5.03. The average molecular weight is 384 g/mol. The predicted molar refractivity (Wildman–Crippen MR) is 59.9 cm³/mol. The number of benzene rings is 1. The highest BCUT2D eigenvalue weighted by Crippen LogP contribution is 2.48. The molecule has 0 aromatic heterocycles. The van der Waals surface area contributed by atoms with Crippen molar-refractivity contribution in [1.29, 1.82) is 0 Å². The molecule has 1 rings (SSSR count). The molecule has 0 aliphatic carbocycles. The van der Waals surface area contributed by atoms with Crippen molar-refractivity contribution in [2.24, 2.45) is 0 Å². The summed E-state index contributed by atoms with van der Waals surface area (Å²) >= 11 is 0. The Morgan fingerprint density at radius 3 is 1.76 bits per heavy atom. The number of Topliss-reactive ketones (excluding diaryl/α,β-unsaturated/α-hetero) is 1. The number of carbonyl (C=O) groups is 2. The Bertz CT molecular complexity index is 681. The van der Waals surface area contributed by atoms with Crippen LogP contribution in [0, 0.1) is 0 Å². The van der Waals surface area contributed by atoms with Gasteiger partial charge in [-0.15, -0.1) is 13.2 Å². The Hall–Kier alpha value is -2.47. The summed E-state index contributed by atoms with van der Waals surface area (Å²) in [5.41, 5.74) is -1.80. The van der Waals surface area contributed by atoms with Crippen LogP contribution >= 0.6 is 0 Å². The predicted octanol–water partition coefficient (Wildman–Crippen LogP) is 3.76. The van der Waals surface area contributed by atoms with E-state index in [9.17, 15) is 49.1 Å². The van der Waals surface area contributed by atoms with Crippen LogP contribution in [0.3, 0.4) is 0 Å². The molecule has 0 amide bonds. The van der Waals surface area contributed by atoms with E-state index in [0.717, 1.165) is 6.07 Å². The molecule has 0 aliphatic heterocycles. The van der Waals surface area contributed by atoms with Crippen molar-refractivity contribution in [3.05, 3.63) is 29.8 Å². The van der Waals surface area contributed by atoms with Crippen LogP contribution < -0.4 is 4.74 Å². The molecule has 1 N–H and O–H groups in total. The van der Waals surface area contributed by atoms with Gasteiger partial charge < -0.3 is 9.84 Å². The summed E-state index contributed by atoms with van der Waals surface area (Å²) in [5, 5.41) is 7.95. The van der Waals surface area contributed by atoms with E-state index in [0.29, 0.717) is 12.1 Å². The van der Waals surface area contributed by atoms with Gasteiger partial charge in [0.05, 0.1) is 5.56 Å². The number of hydrogen-bond acceptors (Lipinski definition) is 3. The highest BCUT2D eigenvalue weighted by Gasteiger charge is 2.78. The quantitative estimate of drug-likeness (QED) is 0.599. The van der Waals surface area contributed by atoms with Crippen LogP contribution in [0.2, 0.25) is 0 Å². The number of carbonyl (C=O) groups excluding carboxylic acids is 1. The summed E-state index contributed by atoms with van der Waals surface area (Å²) in [6, 6.07) is 1.90. The molecule has 0 aliphatic rings. The molecule has 0 bridgehead atoms. The van der Waals surface area contributed by atoms with Crippen LogP contribution in [0.4, 0.5) is 39.5 Å². The van der Waals surface area contributed by atoms with Crippen LogP contribution in [-0.2, 0) is 4.79 Å².